The molecule has 1 atom stereocenters. The first kappa shape index (κ1) is 18.2. The lowest BCUT2D eigenvalue weighted by Crippen LogP contribution is -2.25. The first-order chi connectivity index (χ1) is 13.1. The molecule has 6 heteroatoms. The zero-order valence-electron chi connectivity index (χ0n) is 14.4. The summed E-state index contributed by atoms with van der Waals surface area (Å²) >= 11 is 1.52. The van der Waals surface area contributed by atoms with Gasteiger partial charge in [-0.25, -0.2) is 4.39 Å². The average Bonchev–Trinajstić information content (AvgIpc) is 2.67. The normalized spacial score (nSPS) is 16.5. The largest absolute Gasteiger partial charge is 0.434 e. The molecule has 1 heterocycles. The summed E-state index contributed by atoms with van der Waals surface area (Å²) < 4.78 is 44.5. The van der Waals surface area contributed by atoms with Crippen molar-refractivity contribution in [2.45, 2.75) is 30.5 Å². The van der Waals surface area contributed by atoms with Gasteiger partial charge in [-0.05, 0) is 40.6 Å². The molecule has 3 aromatic carbocycles. The van der Waals surface area contributed by atoms with Crippen LogP contribution in [0.15, 0.2) is 59.5 Å². The molecule has 0 spiro atoms. The molecule has 0 bridgehead atoms. The second kappa shape index (κ2) is 7.82. The van der Waals surface area contributed by atoms with E-state index in [1.54, 1.807) is 18.2 Å². The molecule has 1 N–H and O–H groups in total. The minimum Gasteiger partial charge on any atom is -0.434 e. The van der Waals surface area contributed by atoms with Crippen LogP contribution in [-0.2, 0) is 6.54 Å². The minimum absolute atomic E-state index is 0.0321. The Morgan fingerprint density at radius 1 is 1.07 bits per heavy atom. The summed E-state index contributed by atoms with van der Waals surface area (Å²) in [5.41, 5.74) is 1.60. The Bertz CT molecular complexity index is 963. The van der Waals surface area contributed by atoms with E-state index in [9.17, 15) is 13.2 Å². The minimum atomic E-state index is -2.88. The zero-order valence-corrected chi connectivity index (χ0v) is 15.2. The standard InChI is InChI=1S/C21H18F3NOS/c22-17-7-3-6-15-18(10-11-27-20(15)17)25-12-16-14-5-2-1-4-13(14)8-9-19(16)26-21(23)24/h1-9,18,21,25H,10-12H2. The van der Waals surface area contributed by atoms with Crippen molar-refractivity contribution < 1.29 is 17.9 Å². The maximum absolute atomic E-state index is 14.1. The van der Waals surface area contributed by atoms with Gasteiger partial charge in [0.15, 0.2) is 0 Å². The first-order valence-corrected chi connectivity index (χ1v) is 9.72. The third-order valence-electron chi connectivity index (χ3n) is 4.76. The van der Waals surface area contributed by atoms with Gasteiger partial charge in [-0.2, -0.15) is 8.78 Å². The van der Waals surface area contributed by atoms with Crippen LogP contribution in [0.3, 0.4) is 0 Å². The number of fused-ring (bicyclic) bond motifs is 2. The zero-order chi connectivity index (χ0) is 18.8. The van der Waals surface area contributed by atoms with Crippen LogP contribution < -0.4 is 10.1 Å². The number of hydrogen-bond acceptors (Lipinski definition) is 3. The summed E-state index contributed by atoms with van der Waals surface area (Å²) in [5.74, 6) is 0.762. The number of hydrogen-bond donors (Lipinski definition) is 1. The molecule has 0 fully saturated rings. The van der Waals surface area contributed by atoms with Gasteiger partial charge < -0.3 is 10.1 Å². The van der Waals surface area contributed by atoms with Crippen molar-refractivity contribution in [3.8, 4) is 5.75 Å². The summed E-state index contributed by atoms with van der Waals surface area (Å²) in [4.78, 5) is 0.670. The maximum Gasteiger partial charge on any atom is 0.387 e. The molecule has 140 valence electrons. The highest BCUT2D eigenvalue weighted by Gasteiger charge is 2.23. The molecule has 27 heavy (non-hydrogen) atoms. The summed E-state index contributed by atoms with van der Waals surface area (Å²) in [6.07, 6.45) is 0.844. The molecule has 2 nitrogen and oxygen atoms in total. The third kappa shape index (κ3) is 3.77. The molecule has 0 saturated carbocycles. The molecular formula is C21H18F3NOS. The van der Waals surface area contributed by atoms with Crippen LogP contribution in [0.4, 0.5) is 13.2 Å². The monoisotopic (exact) mass is 389 g/mol. The summed E-state index contributed by atoms with van der Waals surface area (Å²) in [6, 6.07) is 16.0. The van der Waals surface area contributed by atoms with E-state index in [-0.39, 0.29) is 17.6 Å². The van der Waals surface area contributed by atoms with E-state index in [2.05, 4.69) is 5.32 Å². The summed E-state index contributed by atoms with van der Waals surface area (Å²) in [5, 5.41) is 5.25. The number of ether oxygens (including phenoxy) is 1. The molecule has 0 amide bonds. The van der Waals surface area contributed by atoms with Crippen LogP contribution in [0.1, 0.15) is 23.6 Å². The third-order valence-corrected chi connectivity index (χ3v) is 5.92. The van der Waals surface area contributed by atoms with Gasteiger partial charge in [0.2, 0.25) is 0 Å². The van der Waals surface area contributed by atoms with Gasteiger partial charge >= 0.3 is 6.61 Å². The predicted octanol–water partition coefficient (Wildman–Crippen LogP) is 5.91. The van der Waals surface area contributed by atoms with Crippen LogP contribution in [0.25, 0.3) is 10.8 Å². The Labute approximate surface area is 159 Å². The molecule has 0 radical (unpaired) electrons. The van der Waals surface area contributed by atoms with Gasteiger partial charge in [0.05, 0.1) is 0 Å². The molecule has 1 aliphatic rings. The van der Waals surface area contributed by atoms with Crippen molar-refractivity contribution in [3.63, 3.8) is 0 Å². The fourth-order valence-corrected chi connectivity index (χ4v) is 4.67. The Hall–Kier alpha value is -2.18. The summed E-state index contributed by atoms with van der Waals surface area (Å²) in [7, 11) is 0. The van der Waals surface area contributed by atoms with Gasteiger partial charge in [0.25, 0.3) is 0 Å². The van der Waals surface area contributed by atoms with Crippen molar-refractivity contribution in [3.05, 3.63) is 71.5 Å². The predicted molar refractivity (Wildman–Crippen MR) is 102 cm³/mol. The van der Waals surface area contributed by atoms with E-state index in [1.807, 2.05) is 30.3 Å². The van der Waals surface area contributed by atoms with Gasteiger partial charge in [0, 0.05) is 23.0 Å². The van der Waals surface area contributed by atoms with Gasteiger partial charge in [0.1, 0.15) is 11.6 Å². The second-order valence-corrected chi connectivity index (χ2v) is 7.48. The lowest BCUT2D eigenvalue weighted by Gasteiger charge is -2.27. The first-order valence-electron chi connectivity index (χ1n) is 8.73. The van der Waals surface area contributed by atoms with Crippen molar-refractivity contribution in [1.29, 1.82) is 0 Å². The molecule has 4 rings (SSSR count). The topological polar surface area (TPSA) is 21.3 Å². The number of nitrogens with one attached hydrogen (secondary N) is 1. The molecule has 0 aliphatic carbocycles. The molecule has 3 aromatic rings. The lowest BCUT2D eigenvalue weighted by atomic mass is 10.0. The number of benzene rings is 3. The average molecular weight is 389 g/mol. The molecule has 0 saturated heterocycles. The number of thioether (sulfide) groups is 1. The fourth-order valence-electron chi connectivity index (χ4n) is 3.53. The molecule has 0 aromatic heterocycles. The van der Waals surface area contributed by atoms with E-state index in [1.165, 1.54) is 17.8 Å². The van der Waals surface area contributed by atoms with Gasteiger partial charge in [-0.1, -0.05) is 42.5 Å². The summed E-state index contributed by atoms with van der Waals surface area (Å²) in [6.45, 7) is -2.53. The van der Waals surface area contributed by atoms with Crippen molar-refractivity contribution in [2.75, 3.05) is 5.75 Å². The number of alkyl halides is 2. The molecule has 1 unspecified atom stereocenters. The van der Waals surface area contributed by atoms with Crippen molar-refractivity contribution in [2.24, 2.45) is 0 Å². The Balaban J connectivity index is 1.65. The van der Waals surface area contributed by atoms with Crippen LogP contribution in [0.5, 0.6) is 5.75 Å². The Morgan fingerprint density at radius 2 is 1.93 bits per heavy atom. The molecular weight excluding hydrogens is 371 g/mol. The maximum atomic E-state index is 14.1. The van der Waals surface area contributed by atoms with Crippen LogP contribution in [-0.4, -0.2) is 12.4 Å². The highest BCUT2D eigenvalue weighted by Crippen LogP contribution is 2.38. The van der Waals surface area contributed by atoms with E-state index in [0.29, 0.717) is 17.0 Å². The Morgan fingerprint density at radius 3 is 2.78 bits per heavy atom. The highest BCUT2D eigenvalue weighted by molar-refractivity contribution is 7.99. The van der Waals surface area contributed by atoms with Crippen LogP contribution >= 0.6 is 11.8 Å². The highest BCUT2D eigenvalue weighted by atomic mass is 32.2. The number of halogens is 3. The van der Waals surface area contributed by atoms with Crippen molar-refractivity contribution in [1.82, 2.24) is 5.32 Å². The van der Waals surface area contributed by atoms with E-state index in [0.717, 1.165) is 28.5 Å². The van der Waals surface area contributed by atoms with E-state index in [4.69, 9.17) is 4.74 Å². The van der Waals surface area contributed by atoms with Crippen molar-refractivity contribution >= 4 is 22.5 Å². The molecule has 1 aliphatic heterocycles. The van der Waals surface area contributed by atoms with Crippen LogP contribution in [0, 0.1) is 5.82 Å². The quantitative estimate of drug-likeness (QED) is 0.586. The van der Waals surface area contributed by atoms with E-state index < -0.39 is 6.61 Å². The smallest absolute Gasteiger partial charge is 0.387 e. The Kier molecular flexibility index (Phi) is 5.27. The van der Waals surface area contributed by atoms with Crippen LogP contribution in [0.2, 0.25) is 0 Å². The second-order valence-electron chi connectivity index (χ2n) is 6.37. The van der Waals surface area contributed by atoms with Gasteiger partial charge in [-0.15, -0.1) is 11.8 Å². The SMILES string of the molecule is Fc1cccc2c1SCCC2NCc1c(OC(F)F)ccc2ccccc12. The fraction of sp³-hybridized carbons (Fsp3) is 0.238. The lowest BCUT2D eigenvalue weighted by molar-refractivity contribution is -0.0504. The van der Waals surface area contributed by atoms with Gasteiger partial charge in [-0.3, -0.25) is 0 Å². The van der Waals surface area contributed by atoms with E-state index >= 15 is 0 Å². The number of rotatable bonds is 5.